The number of nitrogens with zero attached hydrogens (tertiary/aromatic N) is 2. The molecule has 6 nitrogen and oxygen atoms in total. The van der Waals surface area contributed by atoms with E-state index < -0.39 is 0 Å². The number of benzene rings is 1. The normalized spacial score (nSPS) is 15.8. The number of oxazole rings is 1. The van der Waals surface area contributed by atoms with Crippen molar-refractivity contribution < 1.29 is 18.7 Å². The van der Waals surface area contributed by atoms with Crippen LogP contribution in [0.25, 0.3) is 11.1 Å². The van der Waals surface area contributed by atoms with Crippen LogP contribution < -0.4 is 4.90 Å². The Kier molecular flexibility index (Phi) is 5.69. The van der Waals surface area contributed by atoms with Gasteiger partial charge in [0.1, 0.15) is 5.52 Å². The van der Waals surface area contributed by atoms with Crippen molar-refractivity contribution in [2.75, 3.05) is 38.3 Å². The summed E-state index contributed by atoms with van der Waals surface area (Å²) in [7, 11) is 1.68. The molecule has 1 saturated heterocycles. The van der Waals surface area contributed by atoms with E-state index in [1.807, 2.05) is 24.3 Å². The standard InChI is InChI=1S/C18H24N2O4/c1-22-12-4-5-13-23-17(21)14-8-10-20(11-9-14)18-19-15-6-2-3-7-16(15)24-18/h2-3,6-7,14H,4-5,8-13H2,1H3. The number of unbranched alkanes of at least 4 members (excludes halogenated alkanes) is 1. The molecule has 0 amide bonds. The van der Waals surface area contributed by atoms with Gasteiger partial charge < -0.3 is 18.8 Å². The lowest BCUT2D eigenvalue weighted by Gasteiger charge is -2.29. The Balaban J connectivity index is 1.46. The first kappa shape index (κ1) is 16.8. The number of hydrogen-bond donors (Lipinski definition) is 0. The first-order valence-electron chi connectivity index (χ1n) is 8.54. The van der Waals surface area contributed by atoms with Crippen molar-refractivity contribution in [3.63, 3.8) is 0 Å². The van der Waals surface area contributed by atoms with E-state index in [9.17, 15) is 4.79 Å². The van der Waals surface area contributed by atoms with Crippen molar-refractivity contribution in [1.29, 1.82) is 0 Å². The van der Waals surface area contributed by atoms with Gasteiger partial charge in [0.15, 0.2) is 5.58 Å². The smallest absolute Gasteiger partial charge is 0.309 e. The zero-order valence-corrected chi connectivity index (χ0v) is 14.1. The Bertz CT molecular complexity index is 629. The van der Waals surface area contributed by atoms with Crippen LogP contribution in [0.3, 0.4) is 0 Å². The van der Waals surface area contributed by atoms with Crippen LogP contribution in [0.2, 0.25) is 0 Å². The number of carbonyl (C=O) groups is 1. The van der Waals surface area contributed by atoms with Gasteiger partial charge in [-0.25, -0.2) is 0 Å². The maximum atomic E-state index is 12.1. The Morgan fingerprint density at radius 3 is 2.75 bits per heavy atom. The van der Waals surface area contributed by atoms with Gasteiger partial charge in [0.25, 0.3) is 6.01 Å². The Labute approximate surface area is 141 Å². The minimum absolute atomic E-state index is 0.0203. The molecule has 1 aromatic heterocycles. The van der Waals surface area contributed by atoms with E-state index in [1.54, 1.807) is 7.11 Å². The number of aromatic nitrogens is 1. The highest BCUT2D eigenvalue weighted by molar-refractivity contribution is 5.75. The second-order valence-corrected chi connectivity index (χ2v) is 6.09. The summed E-state index contributed by atoms with van der Waals surface area (Å²) in [5.74, 6) is -0.0994. The molecule has 0 radical (unpaired) electrons. The van der Waals surface area contributed by atoms with E-state index >= 15 is 0 Å². The third kappa shape index (κ3) is 4.06. The topological polar surface area (TPSA) is 64.8 Å². The molecule has 0 atom stereocenters. The van der Waals surface area contributed by atoms with Gasteiger partial charge in [-0.15, -0.1) is 0 Å². The molecular weight excluding hydrogens is 308 g/mol. The van der Waals surface area contributed by atoms with E-state index in [-0.39, 0.29) is 11.9 Å². The summed E-state index contributed by atoms with van der Waals surface area (Å²) in [6.07, 6.45) is 3.31. The van der Waals surface area contributed by atoms with Crippen molar-refractivity contribution in [2.24, 2.45) is 5.92 Å². The van der Waals surface area contributed by atoms with Crippen molar-refractivity contribution >= 4 is 23.1 Å². The molecule has 2 heterocycles. The zero-order chi connectivity index (χ0) is 16.8. The van der Waals surface area contributed by atoms with Gasteiger partial charge in [0, 0.05) is 26.8 Å². The molecular formula is C18H24N2O4. The van der Waals surface area contributed by atoms with E-state index in [0.29, 0.717) is 19.2 Å². The molecule has 0 bridgehead atoms. The number of fused-ring (bicyclic) bond motifs is 1. The van der Waals surface area contributed by atoms with E-state index in [0.717, 1.165) is 49.9 Å². The number of esters is 1. The van der Waals surface area contributed by atoms with Crippen LogP contribution in [-0.2, 0) is 14.3 Å². The molecule has 24 heavy (non-hydrogen) atoms. The Morgan fingerprint density at radius 1 is 1.25 bits per heavy atom. The highest BCUT2D eigenvalue weighted by atomic mass is 16.5. The fourth-order valence-electron chi connectivity index (χ4n) is 2.94. The minimum Gasteiger partial charge on any atom is -0.465 e. The summed E-state index contributed by atoms with van der Waals surface area (Å²) >= 11 is 0. The molecule has 1 aromatic carbocycles. The second-order valence-electron chi connectivity index (χ2n) is 6.09. The summed E-state index contributed by atoms with van der Waals surface area (Å²) in [6, 6.07) is 8.38. The van der Waals surface area contributed by atoms with Crippen LogP contribution in [0.5, 0.6) is 0 Å². The highest BCUT2D eigenvalue weighted by Crippen LogP contribution is 2.26. The minimum atomic E-state index is -0.0790. The number of hydrogen-bond acceptors (Lipinski definition) is 6. The molecule has 1 aliphatic heterocycles. The first-order chi connectivity index (χ1) is 11.8. The van der Waals surface area contributed by atoms with Crippen LogP contribution in [0.4, 0.5) is 6.01 Å². The van der Waals surface area contributed by atoms with Crippen LogP contribution in [0.15, 0.2) is 28.7 Å². The number of piperidine rings is 1. The van der Waals surface area contributed by atoms with Gasteiger partial charge in [0.05, 0.1) is 12.5 Å². The van der Waals surface area contributed by atoms with Crippen molar-refractivity contribution in [1.82, 2.24) is 4.98 Å². The lowest BCUT2D eigenvalue weighted by molar-refractivity contribution is -0.149. The van der Waals surface area contributed by atoms with Gasteiger partial charge in [-0.05, 0) is 37.8 Å². The predicted octanol–water partition coefficient (Wildman–Crippen LogP) is 3.01. The number of anilines is 1. The summed E-state index contributed by atoms with van der Waals surface area (Å²) in [5.41, 5.74) is 1.66. The zero-order valence-electron chi connectivity index (χ0n) is 14.1. The highest BCUT2D eigenvalue weighted by Gasteiger charge is 2.28. The van der Waals surface area contributed by atoms with E-state index in [1.165, 1.54) is 0 Å². The van der Waals surface area contributed by atoms with E-state index in [4.69, 9.17) is 13.9 Å². The SMILES string of the molecule is COCCCCOC(=O)C1CCN(c2nc3ccccc3o2)CC1. The molecule has 0 N–H and O–H groups in total. The number of ether oxygens (including phenoxy) is 2. The van der Waals surface area contributed by atoms with E-state index in [2.05, 4.69) is 9.88 Å². The maximum absolute atomic E-state index is 12.1. The molecule has 6 heteroatoms. The number of rotatable bonds is 7. The van der Waals surface area contributed by atoms with Crippen molar-refractivity contribution in [2.45, 2.75) is 25.7 Å². The van der Waals surface area contributed by atoms with Crippen LogP contribution in [-0.4, -0.2) is 44.4 Å². The Hall–Kier alpha value is -2.08. The predicted molar refractivity (Wildman–Crippen MR) is 91.0 cm³/mol. The average Bonchev–Trinajstić information content (AvgIpc) is 3.05. The van der Waals surface area contributed by atoms with Crippen LogP contribution in [0, 0.1) is 5.92 Å². The van der Waals surface area contributed by atoms with Gasteiger partial charge in [-0.1, -0.05) is 12.1 Å². The van der Waals surface area contributed by atoms with Gasteiger partial charge >= 0.3 is 5.97 Å². The van der Waals surface area contributed by atoms with Gasteiger partial charge in [-0.2, -0.15) is 4.98 Å². The lowest BCUT2D eigenvalue weighted by Crippen LogP contribution is -2.37. The van der Waals surface area contributed by atoms with Crippen molar-refractivity contribution in [3.8, 4) is 0 Å². The number of methoxy groups -OCH3 is 1. The fourth-order valence-corrected chi connectivity index (χ4v) is 2.94. The molecule has 1 fully saturated rings. The largest absolute Gasteiger partial charge is 0.465 e. The summed E-state index contributed by atoms with van der Waals surface area (Å²) in [5, 5.41) is 0. The van der Waals surface area contributed by atoms with Crippen LogP contribution >= 0.6 is 0 Å². The summed E-state index contributed by atoms with van der Waals surface area (Å²) < 4.78 is 16.1. The molecule has 0 aliphatic carbocycles. The molecule has 0 saturated carbocycles. The fraction of sp³-hybridized carbons (Fsp3) is 0.556. The molecule has 1 aliphatic rings. The monoisotopic (exact) mass is 332 g/mol. The van der Waals surface area contributed by atoms with Gasteiger partial charge in [-0.3, -0.25) is 4.79 Å². The van der Waals surface area contributed by atoms with Crippen LogP contribution in [0.1, 0.15) is 25.7 Å². The Morgan fingerprint density at radius 2 is 2.00 bits per heavy atom. The lowest BCUT2D eigenvalue weighted by atomic mass is 9.97. The molecule has 0 unspecified atom stereocenters. The second kappa shape index (κ2) is 8.15. The third-order valence-corrected chi connectivity index (χ3v) is 4.37. The molecule has 0 spiro atoms. The maximum Gasteiger partial charge on any atom is 0.309 e. The number of carbonyl (C=O) groups excluding carboxylic acids is 1. The summed E-state index contributed by atoms with van der Waals surface area (Å²) in [6.45, 7) is 2.71. The number of para-hydroxylation sites is 2. The average molecular weight is 332 g/mol. The molecule has 130 valence electrons. The third-order valence-electron chi connectivity index (χ3n) is 4.37. The summed E-state index contributed by atoms with van der Waals surface area (Å²) in [4.78, 5) is 18.7. The molecule has 3 rings (SSSR count). The van der Waals surface area contributed by atoms with Crippen molar-refractivity contribution in [3.05, 3.63) is 24.3 Å². The van der Waals surface area contributed by atoms with Gasteiger partial charge in [0.2, 0.25) is 0 Å². The quantitative estimate of drug-likeness (QED) is 0.574. The molecule has 2 aromatic rings. The first-order valence-corrected chi connectivity index (χ1v) is 8.54.